The van der Waals surface area contributed by atoms with Crippen LogP contribution < -0.4 is 5.32 Å². The summed E-state index contributed by atoms with van der Waals surface area (Å²) in [7, 11) is 0. The monoisotopic (exact) mass is 164 g/mol. The Morgan fingerprint density at radius 3 is 2.36 bits per heavy atom. The van der Waals surface area contributed by atoms with Crippen LogP contribution in [0.3, 0.4) is 0 Å². The molecule has 0 atom stereocenters. The maximum absolute atomic E-state index is 10.8. The third-order valence-electron chi connectivity index (χ3n) is 1.53. The van der Waals surface area contributed by atoms with Crippen LogP contribution in [0.5, 0.6) is 0 Å². The fourth-order valence-electron chi connectivity index (χ4n) is 0.473. The van der Waals surface area contributed by atoms with Gasteiger partial charge in [-0.2, -0.15) is 0 Å². The van der Waals surface area contributed by atoms with Gasteiger partial charge >= 0.3 is 0 Å². The molecule has 0 unspecified atom stereocenters. The summed E-state index contributed by atoms with van der Waals surface area (Å²) in [6.07, 6.45) is 2.21. The summed E-state index contributed by atoms with van der Waals surface area (Å²) in [5, 5.41) is 2.80. The molecule has 0 aliphatic carbocycles. The van der Waals surface area contributed by atoms with Crippen LogP contribution in [0.4, 0.5) is 0 Å². The quantitative estimate of drug-likeness (QED) is 0.491. The predicted molar refractivity (Wildman–Crippen MR) is 48.5 cm³/mol. The van der Waals surface area contributed by atoms with Crippen molar-refractivity contribution in [3.63, 3.8) is 0 Å². The van der Waals surface area contributed by atoms with Gasteiger partial charge in [0.15, 0.2) is 0 Å². The first kappa shape index (κ1) is 13.8. The van der Waals surface area contributed by atoms with E-state index < -0.39 is 0 Å². The molecular weight excluding hydrogens is 149 g/mol. The average molecular weight is 164 g/mol. The zero-order chi connectivity index (χ0) is 8.20. The first-order chi connectivity index (χ1) is 4.52. The van der Waals surface area contributed by atoms with E-state index in [4.69, 9.17) is 0 Å². The van der Waals surface area contributed by atoms with Gasteiger partial charge in [0.2, 0.25) is 5.91 Å². The van der Waals surface area contributed by atoms with Crippen LogP contribution >= 0.6 is 0 Å². The van der Waals surface area contributed by atoms with E-state index in [-0.39, 0.29) is 41.0 Å². The Morgan fingerprint density at radius 1 is 1.64 bits per heavy atom. The summed E-state index contributed by atoms with van der Waals surface area (Å²) >= 11 is 0. The summed E-state index contributed by atoms with van der Waals surface area (Å²) < 4.78 is 0. The maximum Gasteiger partial charge on any atom is 0.243 e. The van der Waals surface area contributed by atoms with Crippen molar-refractivity contribution >= 4 is 35.5 Å². The van der Waals surface area contributed by atoms with Gasteiger partial charge in [0, 0.05) is 35.1 Å². The SMILES string of the molecule is C=CC(=O)NC(C)(C)CC.[Na]. The molecule has 1 radical (unpaired) electrons. The van der Waals surface area contributed by atoms with E-state index in [1.165, 1.54) is 6.08 Å². The molecule has 0 aromatic carbocycles. The minimum Gasteiger partial charge on any atom is -0.348 e. The Labute approximate surface area is 90.7 Å². The first-order valence-corrected chi connectivity index (χ1v) is 3.46. The van der Waals surface area contributed by atoms with E-state index in [1.807, 2.05) is 20.8 Å². The Kier molecular flexibility index (Phi) is 7.28. The smallest absolute Gasteiger partial charge is 0.243 e. The van der Waals surface area contributed by atoms with Gasteiger partial charge in [-0.15, -0.1) is 0 Å². The topological polar surface area (TPSA) is 29.1 Å². The van der Waals surface area contributed by atoms with Gasteiger partial charge in [0.05, 0.1) is 0 Å². The molecule has 0 aromatic heterocycles. The average Bonchev–Trinajstić information content (AvgIpc) is 1.87. The van der Waals surface area contributed by atoms with Crippen LogP contribution in [0.25, 0.3) is 0 Å². The molecule has 0 saturated heterocycles. The van der Waals surface area contributed by atoms with Gasteiger partial charge in [-0.25, -0.2) is 0 Å². The van der Waals surface area contributed by atoms with Crippen molar-refractivity contribution < 1.29 is 4.79 Å². The van der Waals surface area contributed by atoms with Crippen LogP contribution in [0.1, 0.15) is 27.2 Å². The van der Waals surface area contributed by atoms with E-state index in [2.05, 4.69) is 11.9 Å². The van der Waals surface area contributed by atoms with Crippen molar-refractivity contribution in [2.75, 3.05) is 0 Å². The third kappa shape index (κ3) is 6.60. The standard InChI is InChI=1S/C8H15NO.Na/c1-5-7(10)9-8(3,4)6-2;/h5H,1,6H2,2-4H3,(H,9,10);. The maximum atomic E-state index is 10.8. The van der Waals surface area contributed by atoms with Crippen molar-refractivity contribution in [3.8, 4) is 0 Å². The molecule has 0 saturated carbocycles. The Bertz CT molecular complexity index is 143. The summed E-state index contributed by atoms with van der Waals surface area (Å²) in [5.41, 5.74) is -0.106. The van der Waals surface area contributed by atoms with Gasteiger partial charge in [0.1, 0.15) is 0 Å². The van der Waals surface area contributed by atoms with Gasteiger partial charge < -0.3 is 5.32 Å². The molecule has 0 heterocycles. The van der Waals surface area contributed by atoms with Gasteiger partial charge in [0.25, 0.3) is 0 Å². The Hall–Kier alpha value is 0.210. The second kappa shape index (κ2) is 5.81. The number of hydrogen-bond acceptors (Lipinski definition) is 1. The second-order valence-corrected chi connectivity index (χ2v) is 2.93. The molecule has 0 spiro atoms. The number of carbonyl (C=O) groups is 1. The predicted octanol–water partition coefficient (Wildman–Crippen LogP) is 1.10. The zero-order valence-corrected chi connectivity index (χ0v) is 9.90. The molecule has 2 nitrogen and oxygen atoms in total. The number of hydrogen-bond donors (Lipinski definition) is 1. The number of carbonyl (C=O) groups excluding carboxylic acids is 1. The van der Waals surface area contributed by atoms with Gasteiger partial charge in [-0.1, -0.05) is 13.5 Å². The minimum atomic E-state index is -0.106. The molecule has 0 aromatic rings. The first-order valence-electron chi connectivity index (χ1n) is 3.46. The summed E-state index contributed by atoms with van der Waals surface area (Å²) in [6.45, 7) is 9.36. The van der Waals surface area contributed by atoms with E-state index in [0.29, 0.717) is 0 Å². The molecule has 1 amide bonds. The third-order valence-corrected chi connectivity index (χ3v) is 1.53. The molecular formula is C8H15NNaO. The van der Waals surface area contributed by atoms with E-state index in [1.54, 1.807) is 0 Å². The molecule has 0 aliphatic rings. The molecule has 0 rings (SSSR count). The fraction of sp³-hybridized carbons (Fsp3) is 0.625. The van der Waals surface area contributed by atoms with Crippen molar-refractivity contribution in [1.29, 1.82) is 0 Å². The van der Waals surface area contributed by atoms with Crippen molar-refractivity contribution in [1.82, 2.24) is 5.32 Å². The van der Waals surface area contributed by atoms with Gasteiger partial charge in [-0.3, -0.25) is 4.79 Å². The van der Waals surface area contributed by atoms with E-state index >= 15 is 0 Å². The van der Waals surface area contributed by atoms with Crippen LogP contribution in [-0.2, 0) is 4.79 Å². The van der Waals surface area contributed by atoms with Crippen molar-refractivity contribution in [2.45, 2.75) is 32.7 Å². The summed E-state index contributed by atoms with van der Waals surface area (Å²) in [4.78, 5) is 10.8. The number of nitrogens with one attached hydrogen (secondary N) is 1. The van der Waals surface area contributed by atoms with Crippen LogP contribution in [-0.4, -0.2) is 41.0 Å². The largest absolute Gasteiger partial charge is 0.348 e. The molecule has 1 N–H and O–H groups in total. The zero-order valence-electron chi connectivity index (χ0n) is 7.90. The molecule has 11 heavy (non-hydrogen) atoms. The Balaban J connectivity index is 0. The number of amides is 1. The summed E-state index contributed by atoms with van der Waals surface area (Å²) in [5.74, 6) is -0.105. The molecule has 0 fully saturated rings. The van der Waals surface area contributed by atoms with E-state index in [9.17, 15) is 4.79 Å². The van der Waals surface area contributed by atoms with Crippen molar-refractivity contribution in [2.24, 2.45) is 0 Å². The molecule has 59 valence electrons. The molecule has 0 bridgehead atoms. The minimum absolute atomic E-state index is 0. The Morgan fingerprint density at radius 2 is 2.09 bits per heavy atom. The van der Waals surface area contributed by atoms with Gasteiger partial charge in [-0.05, 0) is 26.3 Å². The van der Waals surface area contributed by atoms with Crippen LogP contribution in [0, 0.1) is 0 Å². The van der Waals surface area contributed by atoms with Crippen LogP contribution in [0.2, 0.25) is 0 Å². The second-order valence-electron chi connectivity index (χ2n) is 2.93. The van der Waals surface area contributed by atoms with Crippen LogP contribution in [0.15, 0.2) is 12.7 Å². The normalized spacial score (nSPS) is 9.73. The molecule has 3 heteroatoms. The summed E-state index contributed by atoms with van der Waals surface area (Å²) in [6, 6.07) is 0. The fourth-order valence-corrected chi connectivity index (χ4v) is 0.473. The van der Waals surface area contributed by atoms with Crippen molar-refractivity contribution in [3.05, 3.63) is 12.7 Å². The molecule has 0 aliphatic heterocycles. The number of rotatable bonds is 3. The van der Waals surface area contributed by atoms with E-state index in [0.717, 1.165) is 6.42 Å².